The zero-order chi connectivity index (χ0) is 12.3. The van der Waals surface area contributed by atoms with Crippen LogP contribution >= 0.6 is 11.8 Å². The van der Waals surface area contributed by atoms with Gasteiger partial charge in [0.05, 0.1) is 0 Å². The lowest BCUT2D eigenvalue weighted by Gasteiger charge is -2.30. The third-order valence-electron chi connectivity index (χ3n) is 1.87. The van der Waals surface area contributed by atoms with Gasteiger partial charge < -0.3 is 16.2 Å². The Kier molecular flexibility index (Phi) is 3.73. The third-order valence-corrected chi connectivity index (χ3v) is 2.79. The van der Waals surface area contributed by atoms with E-state index in [-0.39, 0.29) is 5.17 Å². The number of rotatable bonds is 3. The maximum Gasteiger partial charge on any atom is 0.405 e. The molecule has 0 spiro atoms. The first kappa shape index (κ1) is 12.7. The van der Waals surface area contributed by atoms with E-state index in [4.69, 9.17) is 22.0 Å². The molecule has 1 aliphatic rings. The van der Waals surface area contributed by atoms with Crippen molar-refractivity contribution in [3.05, 3.63) is 0 Å². The summed E-state index contributed by atoms with van der Waals surface area (Å²) in [6.07, 6.45) is -0.893. The minimum absolute atomic E-state index is 0.279. The molecule has 1 rings (SSSR count). The van der Waals surface area contributed by atoms with E-state index in [0.717, 1.165) is 0 Å². The van der Waals surface area contributed by atoms with Crippen LogP contribution in [0.2, 0.25) is 0 Å². The Hall–Kier alpha value is -1.32. The van der Waals surface area contributed by atoms with Gasteiger partial charge in [-0.25, -0.2) is 10.2 Å². The van der Waals surface area contributed by atoms with Crippen LogP contribution in [-0.4, -0.2) is 27.9 Å². The number of primary amides is 1. The van der Waals surface area contributed by atoms with Crippen molar-refractivity contribution in [1.29, 1.82) is 0 Å². The normalized spacial score (nSPS) is 21.1. The van der Waals surface area contributed by atoms with E-state index in [1.165, 1.54) is 11.8 Å². The fourth-order valence-corrected chi connectivity index (χ4v) is 2.05. The zero-order valence-electron chi connectivity index (χ0n) is 8.93. The number of amides is 1. The van der Waals surface area contributed by atoms with Crippen LogP contribution in [-0.2, 0) is 4.74 Å². The Morgan fingerprint density at radius 2 is 2.19 bits per heavy atom. The average molecular weight is 246 g/mol. The van der Waals surface area contributed by atoms with Crippen molar-refractivity contribution >= 4 is 28.7 Å². The van der Waals surface area contributed by atoms with Crippen molar-refractivity contribution in [3.8, 4) is 0 Å². The van der Waals surface area contributed by atoms with Gasteiger partial charge in [0, 0.05) is 0 Å². The van der Waals surface area contributed by atoms with Crippen molar-refractivity contribution in [2.24, 2.45) is 27.5 Å². The predicted octanol–water partition coefficient (Wildman–Crippen LogP) is -0.933. The molecule has 0 aromatic carbocycles. The number of nitrogens with two attached hydrogens (primary N) is 3. The summed E-state index contributed by atoms with van der Waals surface area (Å²) in [6, 6.07) is 0. The van der Waals surface area contributed by atoms with Gasteiger partial charge in [-0.3, -0.25) is 5.84 Å². The number of hydrogen-bond donors (Lipinski definition) is 4. The van der Waals surface area contributed by atoms with Crippen LogP contribution < -0.4 is 22.7 Å². The molecule has 0 fully saturated rings. The second kappa shape index (κ2) is 4.68. The monoisotopic (exact) mass is 246 g/mol. The van der Waals surface area contributed by atoms with Gasteiger partial charge >= 0.3 is 6.09 Å². The van der Waals surface area contributed by atoms with E-state index in [1.54, 1.807) is 13.8 Å². The molecule has 1 heterocycles. The molecule has 1 aliphatic heterocycles. The first-order valence-electron chi connectivity index (χ1n) is 4.39. The van der Waals surface area contributed by atoms with Gasteiger partial charge in [-0.05, 0) is 13.8 Å². The molecule has 0 aliphatic carbocycles. The highest BCUT2D eigenvalue weighted by molar-refractivity contribution is 8.14. The Bertz CT molecular complexity index is 353. The lowest BCUT2D eigenvalue weighted by Crippen LogP contribution is -2.52. The fourth-order valence-electron chi connectivity index (χ4n) is 1.21. The van der Waals surface area contributed by atoms with Crippen LogP contribution in [0.15, 0.2) is 10.2 Å². The van der Waals surface area contributed by atoms with Crippen molar-refractivity contribution in [3.63, 3.8) is 0 Å². The van der Waals surface area contributed by atoms with Gasteiger partial charge in [-0.15, -0.1) is 5.10 Å². The van der Waals surface area contributed by atoms with E-state index in [1.807, 2.05) is 0 Å². The summed E-state index contributed by atoms with van der Waals surface area (Å²) in [7, 11) is 0. The first-order valence-corrected chi connectivity index (χ1v) is 5.27. The van der Waals surface area contributed by atoms with Gasteiger partial charge in [-0.1, -0.05) is 11.8 Å². The smallest absolute Gasteiger partial charge is 0.405 e. The molecule has 90 valence electrons. The summed E-state index contributed by atoms with van der Waals surface area (Å²) in [5.41, 5.74) is 12.4. The van der Waals surface area contributed by atoms with Gasteiger partial charge in [-0.2, -0.15) is 5.10 Å². The molecule has 0 radical (unpaired) electrons. The number of carbonyl (C=O) groups is 1. The Balaban J connectivity index is 2.95. The molecule has 0 aromatic heterocycles. The summed E-state index contributed by atoms with van der Waals surface area (Å²) < 4.78 is 4.93. The van der Waals surface area contributed by atoms with Gasteiger partial charge in [0.25, 0.3) is 0 Å². The highest BCUT2D eigenvalue weighted by atomic mass is 32.2. The second-order valence-electron chi connectivity index (χ2n) is 3.52. The van der Waals surface area contributed by atoms with E-state index < -0.39 is 17.1 Å². The summed E-state index contributed by atoms with van der Waals surface area (Å²) in [4.78, 5) is 10.7. The number of hydrazine groups is 1. The van der Waals surface area contributed by atoms with Crippen LogP contribution in [0.1, 0.15) is 13.8 Å². The average Bonchev–Trinajstić information content (AvgIpc) is 2.15. The maximum atomic E-state index is 10.7. The molecular formula is C7H14N6O2S. The number of amidine groups is 1. The Labute approximate surface area is 96.6 Å². The van der Waals surface area contributed by atoms with E-state index >= 15 is 0 Å². The SMILES string of the molecule is CC(C)(OC(N)=O)C1=NN=C(N)SC1NN. The largest absolute Gasteiger partial charge is 0.437 e. The molecule has 9 heteroatoms. The van der Waals surface area contributed by atoms with E-state index in [9.17, 15) is 4.79 Å². The second-order valence-corrected chi connectivity index (χ2v) is 4.64. The first-order chi connectivity index (χ1) is 7.36. The van der Waals surface area contributed by atoms with Crippen molar-refractivity contribution in [2.45, 2.75) is 24.8 Å². The van der Waals surface area contributed by atoms with Gasteiger partial charge in [0.1, 0.15) is 11.1 Å². The molecule has 0 aromatic rings. The molecule has 1 unspecified atom stereocenters. The summed E-state index contributed by atoms with van der Waals surface area (Å²) >= 11 is 1.18. The topological polar surface area (TPSA) is 141 Å². The van der Waals surface area contributed by atoms with Crippen molar-refractivity contribution < 1.29 is 9.53 Å². The quantitative estimate of drug-likeness (QED) is 0.374. The summed E-state index contributed by atoms with van der Waals surface area (Å²) in [5.74, 6) is 5.35. The molecule has 8 nitrogen and oxygen atoms in total. The van der Waals surface area contributed by atoms with Crippen LogP contribution in [0, 0.1) is 0 Å². The summed E-state index contributed by atoms with van der Waals surface area (Å²) in [6.45, 7) is 3.27. The minimum Gasteiger partial charge on any atom is -0.437 e. The number of carbonyl (C=O) groups excluding carboxylic acids is 1. The van der Waals surface area contributed by atoms with Crippen LogP contribution in [0.3, 0.4) is 0 Å². The van der Waals surface area contributed by atoms with Crippen molar-refractivity contribution in [1.82, 2.24) is 5.43 Å². The Morgan fingerprint density at radius 1 is 1.56 bits per heavy atom. The number of ether oxygens (including phenoxy) is 1. The number of hydrogen-bond acceptors (Lipinski definition) is 8. The summed E-state index contributed by atoms with van der Waals surface area (Å²) in [5, 5.41) is 7.44. The standard InChI is InChI=1S/C7H14N6O2S/c1-7(2,15-6(9)14)3-4(11-10)16-5(8)13-12-3/h4,11H,10H2,1-2H3,(H2,8,13)(H2,9,14). The minimum atomic E-state index is -1.000. The molecule has 1 atom stereocenters. The predicted molar refractivity (Wildman–Crippen MR) is 62.5 cm³/mol. The highest BCUT2D eigenvalue weighted by Crippen LogP contribution is 2.24. The maximum absolute atomic E-state index is 10.7. The highest BCUT2D eigenvalue weighted by Gasteiger charge is 2.37. The van der Waals surface area contributed by atoms with Crippen LogP contribution in [0.5, 0.6) is 0 Å². The van der Waals surface area contributed by atoms with Crippen LogP contribution in [0.4, 0.5) is 4.79 Å². The van der Waals surface area contributed by atoms with Gasteiger partial charge in [0.15, 0.2) is 10.8 Å². The molecule has 0 saturated heterocycles. The fraction of sp³-hybridized carbons (Fsp3) is 0.571. The zero-order valence-corrected chi connectivity index (χ0v) is 9.75. The third kappa shape index (κ3) is 2.84. The van der Waals surface area contributed by atoms with Crippen LogP contribution in [0.25, 0.3) is 0 Å². The van der Waals surface area contributed by atoms with E-state index in [2.05, 4.69) is 15.6 Å². The van der Waals surface area contributed by atoms with Gasteiger partial charge in [0.2, 0.25) is 0 Å². The van der Waals surface area contributed by atoms with E-state index in [0.29, 0.717) is 5.71 Å². The molecule has 0 saturated carbocycles. The van der Waals surface area contributed by atoms with Crippen molar-refractivity contribution in [2.75, 3.05) is 0 Å². The Morgan fingerprint density at radius 3 is 2.69 bits per heavy atom. The lowest BCUT2D eigenvalue weighted by molar-refractivity contribution is 0.0910. The molecular weight excluding hydrogens is 232 g/mol. The molecule has 1 amide bonds. The number of thioether (sulfide) groups is 1. The molecule has 16 heavy (non-hydrogen) atoms. The lowest BCUT2D eigenvalue weighted by atomic mass is 10.0. The molecule has 0 bridgehead atoms. The molecule has 7 N–H and O–H groups in total. The number of nitrogens with zero attached hydrogens (tertiary/aromatic N) is 2. The number of nitrogens with one attached hydrogen (secondary N) is 1.